The first-order chi connectivity index (χ1) is 20.3. The number of ether oxygens (including phenoxy) is 5. The van der Waals surface area contributed by atoms with Crippen LogP contribution in [0.1, 0.15) is 79.6 Å². The van der Waals surface area contributed by atoms with Gasteiger partial charge in [0, 0.05) is 38.0 Å². The smallest absolute Gasteiger partial charge is 0.313 e. The van der Waals surface area contributed by atoms with Crippen molar-refractivity contribution in [2.24, 2.45) is 17.8 Å². The quantitative estimate of drug-likeness (QED) is 0.0945. The van der Waals surface area contributed by atoms with Gasteiger partial charge in [-0.15, -0.1) is 0 Å². The van der Waals surface area contributed by atoms with E-state index in [4.69, 9.17) is 23.7 Å². The lowest BCUT2D eigenvalue weighted by atomic mass is 9.68. The highest BCUT2D eigenvalue weighted by Crippen LogP contribution is 2.59. The van der Waals surface area contributed by atoms with E-state index < -0.39 is 42.1 Å². The van der Waals surface area contributed by atoms with E-state index in [9.17, 15) is 24.0 Å². The minimum Gasteiger partial charge on any atom is -0.469 e. The van der Waals surface area contributed by atoms with Crippen molar-refractivity contribution in [3.8, 4) is 0 Å². The summed E-state index contributed by atoms with van der Waals surface area (Å²) in [6, 6.07) is 0. The Kier molecular flexibility index (Phi) is 12.6. The van der Waals surface area contributed by atoms with Crippen LogP contribution in [0.5, 0.6) is 0 Å². The van der Waals surface area contributed by atoms with Gasteiger partial charge in [0.2, 0.25) is 0 Å². The molecule has 0 bridgehead atoms. The number of thioether (sulfide) groups is 1. The van der Waals surface area contributed by atoms with Crippen LogP contribution in [0, 0.1) is 17.8 Å². The average Bonchev–Trinajstić information content (AvgIpc) is 3.86. The van der Waals surface area contributed by atoms with E-state index >= 15 is 0 Å². The predicted molar refractivity (Wildman–Crippen MR) is 161 cm³/mol. The molecule has 11 heteroatoms. The molecule has 2 heterocycles. The van der Waals surface area contributed by atoms with Crippen LogP contribution in [0.2, 0.25) is 0 Å². The Bertz CT molecular complexity index is 1080. The normalized spacial score (nSPS) is 30.0. The van der Waals surface area contributed by atoms with E-state index in [1.807, 2.05) is 0 Å². The summed E-state index contributed by atoms with van der Waals surface area (Å²) in [5.41, 5.74) is 0.426. The summed E-state index contributed by atoms with van der Waals surface area (Å²) in [6.07, 6.45) is 3.05. The molecule has 3 rings (SSSR count). The third-order valence-electron chi connectivity index (χ3n) is 8.75. The van der Waals surface area contributed by atoms with Crippen molar-refractivity contribution in [1.29, 1.82) is 0 Å². The van der Waals surface area contributed by atoms with Crippen LogP contribution in [0.25, 0.3) is 0 Å². The van der Waals surface area contributed by atoms with Crippen molar-refractivity contribution >= 4 is 41.1 Å². The topological polar surface area (TPSA) is 138 Å². The molecule has 0 aromatic rings. The summed E-state index contributed by atoms with van der Waals surface area (Å²) in [5, 5.41) is 0. The van der Waals surface area contributed by atoms with E-state index in [-0.39, 0.29) is 71.7 Å². The SMILES string of the molecule is COC(=O)[C@H](CSCC(=O)CC(=O)O[C@@H]1CC[C@]2(CO2)[C@@H]([C@@]2(C)O[C@@H]2CC=C(C)C)[C@@H]1OC)CC(=O)CCC(=O)C(C)C. The van der Waals surface area contributed by atoms with Crippen molar-refractivity contribution in [2.45, 2.75) is 109 Å². The number of epoxide rings is 2. The van der Waals surface area contributed by atoms with Crippen LogP contribution in [-0.2, 0) is 47.7 Å². The summed E-state index contributed by atoms with van der Waals surface area (Å²) in [5.74, 6) is -2.55. The van der Waals surface area contributed by atoms with Crippen LogP contribution < -0.4 is 0 Å². The maximum absolute atomic E-state index is 12.8. The van der Waals surface area contributed by atoms with Crippen LogP contribution in [0.15, 0.2) is 11.6 Å². The summed E-state index contributed by atoms with van der Waals surface area (Å²) in [7, 11) is 2.84. The number of methoxy groups -OCH3 is 2. The van der Waals surface area contributed by atoms with Crippen LogP contribution in [-0.4, -0.2) is 91.1 Å². The number of carbonyl (C=O) groups excluding carboxylic acids is 5. The molecule has 2 saturated heterocycles. The minimum atomic E-state index is -0.735. The maximum atomic E-state index is 12.8. The Labute approximate surface area is 259 Å². The van der Waals surface area contributed by atoms with E-state index in [0.717, 1.165) is 18.2 Å². The lowest BCUT2D eigenvalue weighted by molar-refractivity contribution is -0.172. The first-order valence-electron chi connectivity index (χ1n) is 15.1. The Balaban J connectivity index is 1.49. The third kappa shape index (κ3) is 9.45. The largest absolute Gasteiger partial charge is 0.469 e. The Hall–Kier alpha value is -2.08. The molecule has 0 aromatic heterocycles. The van der Waals surface area contributed by atoms with Crippen LogP contribution in [0.3, 0.4) is 0 Å². The van der Waals surface area contributed by atoms with Gasteiger partial charge in [-0.3, -0.25) is 24.0 Å². The zero-order valence-corrected chi connectivity index (χ0v) is 27.4. The van der Waals surface area contributed by atoms with Gasteiger partial charge in [0.25, 0.3) is 0 Å². The number of hydrogen-bond acceptors (Lipinski definition) is 11. The molecular formula is C32H48O10S. The van der Waals surface area contributed by atoms with Gasteiger partial charge in [0.05, 0.1) is 37.4 Å². The van der Waals surface area contributed by atoms with Crippen molar-refractivity contribution < 1.29 is 47.7 Å². The number of carbonyl (C=O) groups is 5. The van der Waals surface area contributed by atoms with Gasteiger partial charge in [0.15, 0.2) is 5.78 Å². The molecule has 0 radical (unpaired) electrons. The molecule has 3 aliphatic rings. The van der Waals surface area contributed by atoms with E-state index in [2.05, 4.69) is 26.8 Å². The average molecular weight is 625 g/mol. The lowest BCUT2D eigenvalue weighted by Crippen LogP contribution is -2.55. The molecule has 1 spiro atoms. The monoisotopic (exact) mass is 624 g/mol. The standard InChI is InChI=1S/C32H48O10S/c1-19(2)8-11-26-31(5,42-26)29-28(38-6)25(12-13-32(29)18-40-32)41-27(36)15-23(34)17-43-16-21(30(37)39-7)14-22(33)9-10-24(35)20(3)4/h8,20-21,25-26,28-29H,9-18H2,1-7H3/t21-,25+,26+,28+,29+,31-,32-/m0/s1. The van der Waals surface area contributed by atoms with Crippen molar-refractivity contribution in [3.63, 3.8) is 0 Å². The Morgan fingerprint density at radius 2 is 1.77 bits per heavy atom. The second-order valence-electron chi connectivity index (χ2n) is 12.7. The zero-order chi connectivity index (χ0) is 31.9. The van der Waals surface area contributed by atoms with Crippen molar-refractivity contribution in [1.82, 2.24) is 0 Å². The summed E-state index contributed by atoms with van der Waals surface area (Å²) in [4.78, 5) is 61.9. The van der Waals surface area contributed by atoms with Gasteiger partial charge >= 0.3 is 11.9 Å². The predicted octanol–water partition coefficient (Wildman–Crippen LogP) is 4.05. The molecular weight excluding hydrogens is 576 g/mol. The number of Topliss-reactive ketones (excluding diaryl/α,β-unsaturated/α-hetero) is 3. The minimum absolute atomic E-state index is 0.00508. The molecule has 1 aliphatic carbocycles. The zero-order valence-electron chi connectivity index (χ0n) is 26.6. The molecule has 7 atom stereocenters. The first-order valence-corrected chi connectivity index (χ1v) is 16.3. The molecule has 0 amide bonds. The molecule has 0 aromatic carbocycles. The summed E-state index contributed by atoms with van der Waals surface area (Å²) in [6.45, 7) is 10.4. The fourth-order valence-corrected chi connectivity index (χ4v) is 7.10. The number of hydrogen-bond donors (Lipinski definition) is 0. The molecule has 1 saturated carbocycles. The highest BCUT2D eigenvalue weighted by atomic mass is 32.2. The first kappa shape index (κ1) is 35.4. The number of esters is 2. The second-order valence-corrected chi connectivity index (χ2v) is 13.8. The second kappa shape index (κ2) is 15.3. The highest BCUT2D eigenvalue weighted by Gasteiger charge is 2.72. The van der Waals surface area contributed by atoms with E-state index in [1.165, 1.54) is 12.7 Å². The molecule has 2 aliphatic heterocycles. The van der Waals surface area contributed by atoms with Crippen LogP contribution >= 0.6 is 11.8 Å². The maximum Gasteiger partial charge on any atom is 0.313 e. The highest BCUT2D eigenvalue weighted by molar-refractivity contribution is 7.99. The van der Waals surface area contributed by atoms with Crippen molar-refractivity contribution in [3.05, 3.63) is 11.6 Å². The molecule has 0 N–H and O–H groups in total. The fourth-order valence-electron chi connectivity index (χ4n) is 6.11. The molecule has 10 nitrogen and oxygen atoms in total. The fraction of sp³-hybridized carbons (Fsp3) is 0.781. The lowest BCUT2D eigenvalue weighted by Gasteiger charge is -2.42. The van der Waals surface area contributed by atoms with E-state index in [0.29, 0.717) is 19.4 Å². The Morgan fingerprint density at radius 1 is 1.07 bits per heavy atom. The van der Waals surface area contributed by atoms with E-state index in [1.54, 1.807) is 21.0 Å². The molecule has 3 fully saturated rings. The number of allylic oxidation sites excluding steroid dienone is 1. The summed E-state index contributed by atoms with van der Waals surface area (Å²) < 4.78 is 28.7. The molecule has 0 unspecified atom stereocenters. The van der Waals surface area contributed by atoms with Crippen molar-refractivity contribution in [2.75, 3.05) is 32.3 Å². The van der Waals surface area contributed by atoms with Gasteiger partial charge in [-0.05, 0) is 40.0 Å². The molecule has 242 valence electrons. The van der Waals surface area contributed by atoms with Gasteiger partial charge in [-0.1, -0.05) is 25.5 Å². The van der Waals surface area contributed by atoms with Gasteiger partial charge in [-0.2, -0.15) is 11.8 Å². The Morgan fingerprint density at radius 3 is 2.35 bits per heavy atom. The number of ketones is 3. The van der Waals surface area contributed by atoms with Crippen LogP contribution in [0.4, 0.5) is 0 Å². The number of rotatable bonds is 18. The van der Waals surface area contributed by atoms with Gasteiger partial charge in [-0.25, -0.2) is 0 Å². The van der Waals surface area contributed by atoms with Gasteiger partial charge < -0.3 is 23.7 Å². The van der Waals surface area contributed by atoms with Gasteiger partial charge in [0.1, 0.15) is 41.4 Å². The summed E-state index contributed by atoms with van der Waals surface area (Å²) >= 11 is 1.16. The third-order valence-corrected chi connectivity index (χ3v) is 9.91. The molecule has 43 heavy (non-hydrogen) atoms.